The van der Waals surface area contributed by atoms with Crippen molar-refractivity contribution in [3.8, 4) is 11.8 Å². The molecule has 0 saturated carbocycles. The van der Waals surface area contributed by atoms with Gasteiger partial charge in [-0.1, -0.05) is 15.9 Å². The van der Waals surface area contributed by atoms with Gasteiger partial charge in [0.15, 0.2) is 5.67 Å². The minimum absolute atomic E-state index is 0.0227. The minimum Gasteiger partial charge on any atom is -0.489 e. The van der Waals surface area contributed by atoms with Crippen molar-refractivity contribution in [3.63, 3.8) is 0 Å². The minimum atomic E-state index is -1.32. The third-order valence-electron chi connectivity index (χ3n) is 2.74. The molecule has 0 amide bonds. The quantitative estimate of drug-likeness (QED) is 0.932. The van der Waals surface area contributed by atoms with Crippen LogP contribution < -0.4 is 10.1 Å². The van der Waals surface area contributed by atoms with Crippen molar-refractivity contribution in [1.82, 2.24) is 5.32 Å². The first-order chi connectivity index (χ1) is 8.13. The molecule has 1 saturated heterocycles. The first-order valence-corrected chi connectivity index (χ1v) is 6.14. The Morgan fingerprint density at radius 1 is 1.59 bits per heavy atom. The summed E-state index contributed by atoms with van der Waals surface area (Å²) in [6.07, 6.45) is 0.447. The molecule has 0 bridgehead atoms. The van der Waals surface area contributed by atoms with E-state index in [0.29, 0.717) is 30.8 Å². The molecule has 0 aliphatic carbocycles. The lowest BCUT2D eigenvalue weighted by Gasteiger charge is -2.19. The van der Waals surface area contributed by atoms with Crippen LogP contribution in [0, 0.1) is 11.3 Å². The number of hydrogen-bond acceptors (Lipinski definition) is 3. The molecule has 0 aromatic heterocycles. The lowest BCUT2D eigenvalue weighted by Crippen LogP contribution is -2.33. The number of nitrogens with zero attached hydrogens (tertiary/aromatic N) is 1. The molecule has 3 nitrogen and oxygen atoms in total. The molecule has 1 aliphatic rings. The lowest BCUT2D eigenvalue weighted by molar-refractivity contribution is 0.103. The van der Waals surface area contributed by atoms with E-state index in [1.165, 1.54) is 0 Å². The topological polar surface area (TPSA) is 45.0 Å². The van der Waals surface area contributed by atoms with Crippen LogP contribution in [0.25, 0.3) is 0 Å². The van der Waals surface area contributed by atoms with Gasteiger partial charge in [0.1, 0.15) is 18.4 Å². The standard InChI is InChI=1S/C12H12BrFN2O/c13-10-2-1-9(6-15)11(5-10)17-8-12(14)3-4-16-7-12/h1-2,5,16H,3-4,7-8H2. The van der Waals surface area contributed by atoms with Crippen LogP contribution in [-0.4, -0.2) is 25.4 Å². The van der Waals surface area contributed by atoms with Gasteiger partial charge in [0, 0.05) is 11.0 Å². The molecule has 0 spiro atoms. The number of rotatable bonds is 3. The van der Waals surface area contributed by atoms with Crippen LogP contribution in [-0.2, 0) is 0 Å². The predicted octanol–water partition coefficient (Wildman–Crippen LogP) is 2.40. The van der Waals surface area contributed by atoms with Crippen molar-refractivity contribution < 1.29 is 9.13 Å². The van der Waals surface area contributed by atoms with Crippen LogP contribution >= 0.6 is 15.9 Å². The Morgan fingerprint density at radius 3 is 3.06 bits per heavy atom. The smallest absolute Gasteiger partial charge is 0.158 e. The van der Waals surface area contributed by atoms with Crippen LogP contribution in [0.2, 0.25) is 0 Å². The van der Waals surface area contributed by atoms with Gasteiger partial charge in [-0.25, -0.2) is 4.39 Å². The van der Waals surface area contributed by atoms with Crippen LogP contribution in [0.3, 0.4) is 0 Å². The average molecular weight is 299 g/mol. The summed E-state index contributed by atoms with van der Waals surface area (Å²) in [5.74, 6) is 0.422. The Balaban J connectivity index is 2.08. The Kier molecular flexibility index (Phi) is 3.65. The van der Waals surface area contributed by atoms with E-state index in [1.54, 1.807) is 18.2 Å². The largest absolute Gasteiger partial charge is 0.489 e. The van der Waals surface area contributed by atoms with Crippen LogP contribution in [0.4, 0.5) is 4.39 Å². The van der Waals surface area contributed by atoms with E-state index >= 15 is 0 Å². The first-order valence-electron chi connectivity index (χ1n) is 5.35. The number of hydrogen-bond donors (Lipinski definition) is 1. The van der Waals surface area contributed by atoms with Crippen LogP contribution in [0.5, 0.6) is 5.75 Å². The summed E-state index contributed by atoms with van der Waals surface area (Å²) in [6.45, 7) is 0.956. The van der Waals surface area contributed by atoms with Crippen LogP contribution in [0.15, 0.2) is 22.7 Å². The number of benzene rings is 1. The highest BCUT2D eigenvalue weighted by Gasteiger charge is 2.34. The molecule has 1 fully saturated rings. The highest BCUT2D eigenvalue weighted by atomic mass is 79.9. The van der Waals surface area contributed by atoms with E-state index in [2.05, 4.69) is 21.2 Å². The zero-order valence-corrected chi connectivity index (χ0v) is 10.8. The summed E-state index contributed by atoms with van der Waals surface area (Å²) >= 11 is 3.30. The molecule has 0 radical (unpaired) electrons. The summed E-state index contributed by atoms with van der Waals surface area (Å²) in [5, 5.41) is 11.9. The molecular weight excluding hydrogens is 287 g/mol. The summed E-state index contributed by atoms with van der Waals surface area (Å²) in [5.41, 5.74) is -0.905. The molecule has 1 aromatic carbocycles. The van der Waals surface area contributed by atoms with Crippen molar-refractivity contribution in [2.75, 3.05) is 19.7 Å². The second-order valence-corrected chi connectivity index (χ2v) is 5.03. The van der Waals surface area contributed by atoms with E-state index in [1.807, 2.05) is 6.07 Å². The fourth-order valence-corrected chi connectivity index (χ4v) is 2.09. The van der Waals surface area contributed by atoms with Gasteiger partial charge < -0.3 is 10.1 Å². The zero-order chi connectivity index (χ0) is 12.3. The van der Waals surface area contributed by atoms with Gasteiger partial charge in [-0.15, -0.1) is 0 Å². The third-order valence-corrected chi connectivity index (χ3v) is 3.24. The van der Waals surface area contributed by atoms with Crippen molar-refractivity contribution in [2.24, 2.45) is 0 Å². The molecule has 1 atom stereocenters. The molecule has 1 unspecified atom stereocenters. The SMILES string of the molecule is N#Cc1ccc(Br)cc1OCC1(F)CCNC1. The number of nitriles is 1. The van der Waals surface area contributed by atoms with Gasteiger partial charge in [0.2, 0.25) is 0 Å². The second kappa shape index (κ2) is 5.03. The number of halogens is 2. The highest BCUT2D eigenvalue weighted by molar-refractivity contribution is 9.10. The first kappa shape index (κ1) is 12.3. The Bertz CT molecular complexity index is 452. The Labute approximate surface area is 108 Å². The third kappa shape index (κ3) is 2.96. The average Bonchev–Trinajstić information content (AvgIpc) is 2.74. The van der Waals surface area contributed by atoms with Gasteiger partial charge in [-0.2, -0.15) is 5.26 Å². The molecule has 1 aromatic rings. The number of alkyl halides is 1. The molecule has 1 aliphatic heterocycles. The lowest BCUT2D eigenvalue weighted by atomic mass is 10.1. The van der Waals surface area contributed by atoms with Crippen molar-refractivity contribution in [3.05, 3.63) is 28.2 Å². The fraction of sp³-hybridized carbons (Fsp3) is 0.417. The Morgan fingerprint density at radius 2 is 2.41 bits per heavy atom. The van der Waals surface area contributed by atoms with Gasteiger partial charge in [0.05, 0.1) is 5.56 Å². The Hall–Kier alpha value is -1.12. The van der Waals surface area contributed by atoms with Crippen molar-refractivity contribution in [2.45, 2.75) is 12.1 Å². The molecule has 1 N–H and O–H groups in total. The summed E-state index contributed by atoms with van der Waals surface area (Å²) in [7, 11) is 0. The highest BCUT2D eigenvalue weighted by Crippen LogP contribution is 2.26. The maximum atomic E-state index is 14.1. The fourth-order valence-electron chi connectivity index (χ4n) is 1.75. The zero-order valence-electron chi connectivity index (χ0n) is 9.17. The van der Waals surface area contributed by atoms with E-state index in [4.69, 9.17) is 10.00 Å². The maximum absolute atomic E-state index is 14.1. The molecule has 90 valence electrons. The van der Waals surface area contributed by atoms with Crippen molar-refractivity contribution >= 4 is 15.9 Å². The molecule has 2 rings (SSSR count). The normalized spacial score (nSPS) is 23.4. The van der Waals surface area contributed by atoms with Gasteiger partial charge in [-0.05, 0) is 31.2 Å². The van der Waals surface area contributed by atoms with E-state index in [0.717, 1.165) is 4.47 Å². The van der Waals surface area contributed by atoms with Crippen LogP contribution in [0.1, 0.15) is 12.0 Å². The predicted molar refractivity (Wildman–Crippen MR) is 65.7 cm³/mol. The number of nitrogens with one attached hydrogen (secondary N) is 1. The maximum Gasteiger partial charge on any atom is 0.158 e. The molecule has 5 heteroatoms. The van der Waals surface area contributed by atoms with Gasteiger partial charge in [0.25, 0.3) is 0 Å². The summed E-state index contributed by atoms with van der Waals surface area (Å²) in [4.78, 5) is 0. The monoisotopic (exact) mass is 298 g/mol. The van der Waals surface area contributed by atoms with Gasteiger partial charge in [-0.3, -0.25) is 0 Å². The summed E-state index contributed by atoms with van der Waals surface area (Å²) in [6, 6.07) is 7.12. The van der Waals surface area contributed by atoms with Gasteiger partial charge >= 0.3 is 0 Å². The van der Waals surface area contributed by atoms with E-state index in [9.17, 15) is 4.39 Å². The molecule has 1 heterocycles. The summed E-state index contributed by atoms with van der Waals surface area (Å²) < 4.78 is 20.3. The molecular formula is C12H12BrFN2O. The number of ether oxygens (including phenoxy) is 1. The van der Waals surface area contributed by atoms with E-state index < -0.39 is 5.67 Å². The van der Waals surface area contributed by atoms with Crippen molar-refractivity contribution in [1.29, 1.82) is 5.26 Å². The molecule has 17 heavy (non-hydrogen) atoms. The van der Waals surface area contributed by atoms with E-state index in [-0.39, 0.29) is 6.61 Å². The second-order valence-electron chi connectivity index (χ2n) is 4.12.